The summed E-state index contributed by atoms with van der Waals surface area (Å²) in [5, 5.41) is 0. The van der Waals surface area contributed by atoms with Gasteiger partial charge in [-0.25, -0.2) is 13.1 Å². The van der Waals surface area contributed by atoms with Crippen LogP contribution in [0.15, 0.2) is 41.3 Å². The van der Waals surface area contributed by atoms with Crippen LogP contribution in [0.25, 0.3) is 0 Å². The van der Waals surface area contributed by atoms with Crippen LogP contribution in [0.5, 0.6) is 11.5 Å². The molecular formula is C22H28N2O5S. The van der Waals surface area contributed by atoms with Crippen molar-refractivity contribution < 1.29 is 22.7 Å². The topological polar surface area (TPSA) is 84.9 Å². The Hall–Kier alpha value is -2.58. The van der Waals surface area contributed by atoms with Gasteiger partial charge in [0.1, 0.15) is 11.5 Å². The molecule has 1 aliphatic heterocycles. The number of nitrogens with one attached hydrogen (secondary N) is 1. The number of nitrogens with zero attached hydrogens (tertiary/aromatic N) is 1. The lowest BCUT2D eigenvalue weighted by molar-refractivity contribution is -0.117. The Morgan fingerprint density at radius 1 is 1.10 bits per heavy atom. The van der Waals surface area contributed by atoms with Crippen molar-refractivity contribution in [3.63, 3.8) is 0 Å². The van der Waals surface area contributed by atoms with Crippen molar-refractivity contribution in [2.24, 2.45) is 0 Å². The van der Waals surface area contributed by atoms with E-state index in [9.17, 15) is 13.2 Å². The Bertz CT molecular complexity index is 1040. The molecule has 0 bridgehead atoms. The Balaban J connectivity index is 1.92. The number of amides is 1. The lowest BCUT2D eigenvalue weighted by Gasteiger charge is -2.22. The summed E-state index contributed by atoms with van der Waals surface area (Å²) in [6, 6.07) is 9.84. The minimum absolute atomic E-state index is 0.0315. The highest BCUT2D eigenvalue weighted by Crippen LogP contribution is 2.34. The zero-order valence-electron chi connectivity index (χ0n) is 17.8. The maximum Gasteiger partial charge on any atom is 0.241 e. The first-order valence-electron chi connectivity index (χ1n) is 9.96. The molecule has 1 N–H and O–H groups in total. The van der Waals surface area contributed by atoms with Gasteiger partial charge in [0, 0.05) is 19.0 Å². The Kier molecular flexibility index (Phi) is 6.67. The van der Waals surface area contributed by atoms with Gasteiger partial charge in [0.05, 0.1) is 24.8 Å². The fourth-order valence-corrected chi connectivity index (χ4v) is 5.04. The summed E-state index contributed by atoms with van der Waals surface area (Å²) in [4.78, 5) is 13.9. The zero-order chi connectivity index (χ0) is 21.9. The average molecular weight is 433 g/mol. The van der Waals surface area contributed by atoms with E-state index in [0.29, 0.717) is 30.8 Å². The third kappa shape index (κ3) is 4.44. The van der Waals surface area contributed by atoms with E-state index < -0.39 is 16.1 Å². The van der Waals surface area contributed by atoms with Crippen molar-refractivity contribution in [1.29, 1.82) is 0 Å². The van der Waals surface area contributed by atoms with Gasteiger partial charge in [0.25, 0.3) is 0 Å². The van der Waals surface area contributed by atoms with E-state index in [4.69, 9.17) is 9.47 Å². The molecule has 0 spiro atoms. The molecule has 0 aromatic heterocycles. The van der Waals surface area contributed by atoms with E-state index in [1.54, 1.807) is 18.1 Å². The molecule has 1 aliphatic rings. The molecule has 8 heteroatoms. The number of sulfonamides is 1. The Labute approximate surface area is 178 Å². The average Bonchev–Trinajstić information content (AvgIpc) is 3.17. The molecule has 1 atom stereocenters. The van der Waals surface area contributed by atoms with Crippen molar-refractivity contribution in [3.05, 3.63) is 47.5 Å². The molecule has 30 heavy (non-hydrogen) atoms. The summed E-state index contributed by atoms with van der Waals surface area (Å²) >= 11 is 0. The smallest absolute Gasteiger partial charge is 0.241 e. The molecular weight excluding hydrogens is 404 g/mol. The first-order chi connectivity index (χ1) is 14.3. The van der Waals surface area contributed by atoms with Gasteiger partial charge in [-0.3, -0.25) is 4.79 Å². The number of aryl methyl sites for hydroxylation is 1. The first-order valence-corrected chi connectivity index (χ1v) is 11.4. The van der Waals surface area contributed by atoms with Gasteiger partial charge in [-0.2, -0.15) is 0 Å². The van der Waals surface area contributed by atoms with Gasteiger partial charge >= 0.3 is 0 Å². The van der Waals surface area contributed by atoms with Crippen LogP contribution in [0.2, 0.25) is 0 Å². The first kappa shape index (κ1) is 22.1. The summed E-state index contributed by atoms with van der Waals surface area (Å²) in [6.45, 7) is 4.40. The van der Waals surface area contributed by atoms with Gasteiger partial charge in [-0.15, -0.1) is 0 Å². The van der Waals surface area contributed by atoms with Crippen LogP contribution in [0, 0.1) is 6.92 Å². The largest absolute Gasteiger partial charge is 0.496 e. The summed E-state index contributed by atoms with van der Waals surface area (Å²) < 4.78 is 39.7. The third-order valence-electron chi connectivity index (χ3n) is 5.35. The minimum atomic E-state index is -3.82. The number of methoxy groups -OCH3 is 2. The van der Waals surface area contributed by atoms with Gasteiger partial charge < -0.3 is 14.4 Å². The molecule has 2 aromatic carbocycles. The molecule has 162 valence electrons. The number of benzene rings is 2. The summed E-state index contributed by atoms with van der Waals surface area (Å²) in [7, 11) is -0.707. The lowest BCUT2D eigenvalue weighted by atomic mass is 10.0. The number of carbonyl (C=O) groups excluding carboxylic acids is 1. The van der Waals surface area contributed by atoms with Crippen LogP contribution in [-0.4, -0.2) is 35.1 Å². The molecule has 0 saturated carbocycles. The van der Waals surface area contributed by atoms with Crippen LogP contribution >= 0.6 is 0 Å². The fourth-order valence-electron chi connectivity index (χ4n) is 3.71. The van der Waals surface area contributed by atoms with E-state index in [1.807, 2.05) is 32.0 Å². The van der Waals surface area contributed by atoms with Crippen LogP contribution in [0.1, 0.15) is 43.4 Å². The Morgan fingerprint density at radius 3 is 2.37 bits per heavy atom. The van der Waals surface area contributed by atoms with Gasteiger partial charge in [0.15, 0.2) is 0 Å². The number of hydrogen-bond acceptors (Lipinski definition) is 5. The molecule has 2 aromatic rings. The maximum atomic E-state index is 13.2. The maximum absolute atomic E-state index is 13.2. The number of hydrogen-bond donors (Lipinski definition) is 1. The van der Waals surface area contributed by atoms with Crippen molar-refractivity contribution >= 4 is 21.6 Å². The van der Waals surface area contributed by atoms with Crippen LogP contribution in [0.3, 0.4) is 0 Å². The molecule has 0 aliphatic carbocycles. The minimum Gasteiger partial charge on any atom is -0.496 e. The predicted octanol–water partition coefficient (Wildman–Crippen LogP) is 3.57. The van der Waals surface area contributed by atoms with Crippen LogP contribution in [-0.2, 0) is 14.8 Å². The number of anilines is 1. The number of carbonyl (C=O) groups is 1. The molecule has 1 saturated heterocycles. The zero-order valence-corrected chi connectivity index (χ0v) is 18.6. The van der Waals surface area contributed by atoms with Crippen molar-refractivity contribution in [2.45, 2.75) is 44.0 Å². The summed E-state index contributed by atoms with van der Waals surface area (Å²) in [5.41, 5.74) is 2.28. The van der Waals surface area contributed by atoms with Crippen molar-refractivity contribution in [2.75, 3.05) is 25.7 Å². The Morgan fingerprint density at radius 2 is 1.80 bits per heavy atom. The fraction of sp³-hybridized carbons (Fsp3) is 0.409. The van der Waals surface area contributed by atoms with Gasteiger partial charge in [-0.1, -0.05) is 19.1 Å². The van der Waals surface area contributed by atoms with Gasteiger partial charge in [0.2, 0.25) is 15.9 Å². The highest BCUT2D eigenvalue weighted by molar-refractivity contribution is 7.89. The normalized spacial score (nSPS) is 15.3. The number of ether oxygens (including phenoxy) is 2. The van der Waals surface area contributed by atoms with E-state index in [-0.39, 0.29) is 10.8 Å². The van der Waals surface area contributed by atoms with Crippen LogP contribution in [0.4, 0.5) is 5.69 Å². The quantitative estimate of drug-likeness (QED) is 0.689. The highest BCUT2D eigenvalue weighted by Gasteiger charge is 2.27. The molecule has 3 rings (SSSR count). The van der Waals surface area contributed by atoms with E-state index in [1.165, 1.54) is 19.2 Å². The molecule has 0 radical (unpaired) electrons. The van der Waals surface area contributed by atoms with Crippen molar-refractivity contribution in [1.82, 2.24) is 4.72 Å². The molecule has 1 heterocycles. The molecule has 0 unspecified atom stereocenters. The standard InChI is InChI=1S/C22H28N2O5S/c1-5-18(16-8-10-20(28-3)15(2)13-16)23-30(26,27)17-9-11-21(29-4)19(14-17)24-12-6-7-22(24)25/h8-11,13-14,18,23H,5-7,12H2,1-4H3/t18-/m0/s1. The van der Waals surface area contributed by atoms with Crippen molar-refractivity contribution in [3.8, 4) is 11.5 Å². The van der Waals surface area contributed by atoms with Gasteiger partial charge in [-0.05, 0) is 55.2 Å². The highest BCUT2D eigenvalue weighted by atomic mass is 32.2. The lowest BCUT2D eigenvalue weighted by Crippen LogP contribution is -2.29. The molecule has 1 amide bonds. The second kappa shape index (κ2) is 9.06. The SMILES string of the molecule is CC[C@H](NS(=O)(=O)c1ccc(OC)c(N2CCCC2=O)c1)c1ccc(OC)c(C)c1. The van der Waals surface area contributed by atoms with Crippen LogP contribution < -0.4 is 19.1 Å². The number of rotatable bonds is 8. The van der Waals surface area contributed by atoms with E-state index in [2.05, 4.69) is 4.72 Å². The summed E-state index contributed by atoms with van der Waals surface area (Å²) in [5.74, 6) is 1.20. The predicted molar refractivity (Wildman–Crippen MR) is 116 cm³/mol. The second-order valence-electron chi connectivity index (χ2n) is 7.29. The van der Waals surface area contributed by atoms with E-state index >= 15 is 0 Å². The van der Waals surface area contributed by atoms with E-state index in [0.717, 1.165) is 23.3 Å². The third-order valence-corrected chi connectivity index (χ3v) is 6.82. The monoisotopic (exact) mass is 432 g/mol. The summed E-state index contributed by atoms with van der Waals surface area (Å²) in [6.07, 6.45) is 1.78. The second-order valence-corrected chi connectivity index (χ2v) is 9.01. The molecule has 1 fully saturated rings. The molecule has 7 nitrogen and oxygen atoms in total.